The maximum absolute atomic E-state index is 4.42. The van der Waals surface area contributed by atoms with E-state index >= 15 is 0 Å². The van der Waals surface area contributed by atoms with Crippen LogP contribution in [0.3, 0.4) is 0 Å². The molecule has 0 amide bonds. The molecule has 1 aromatic rings. The summed E-state index contributed by atoms with van der Waals surface area (Å²) < 4.78 is 0. The molecule has 14 heavy (non-hydrogen) atoms. The van der Waals surface area contributed by atoms with Crippen LogP contribution in [0.15, 0.2) is 18.3 Å². The predicted molar refractivity (Wildman–Crippen MR) is 58.7 cm³/mol. The van der Waals surface area contributed by atoms with Crippen LogP contribution in [-0.4, -0.2) is 31.2 Å². The second kappa shape index (κ2) is 3.96. The SMILES string of the molecule is Cc1cccnc1N(C)C1CCNC1. The van der Waals surface area contributed by atoms with E-state index in [0.29, 0.717) is 6.04 Å². The fourth-order valence-electron chi connectivity index (χ4n) is 1.99. The van der Waals surface area contributed by atoms with E-state index in [1.165, 1.54) is 12.0 Å². The van der Waals surface area contributed by atoms with E-state index < -0.39 is 0 Å². The van der Waals surface area contributed by atoms with Gasteiger partial charge in [0, 0.05) is 25.8 Å². The highest BCUT2D eigenvalue weighted by atomic mass is 15.2. The minimum absolute atomic E-state index is 0.601. The van der Waals surface area contributed by atoms with E-state index in [-0.39, 0.29) is 0 Å². The van der Waals surface area contributed by atoms with Crippen molar-refractivity contribution in [3.8, 4) is 0 Å². The van der Waals surface area contributed by atoms with Crippen molar-refractivity contribution in [2.45, 2.75) is 19.4 Å². The van der Waals surface area contributed by atoms with Gasteiger partial charge in [0.05, 0.1) is 0 Å². The monoisotopic (exact) mass is 191 g/mol. The Labute approximate surface area is 85.1 Å². The van der Waals surface area contributed by atoms with Crippen LogP contribution in [-0.2, 0) is 0 Å². The maximum atomic E-state index is 4.42. The molecule has 1 aliphatic rings. The number of anilines is 1. The van der Waals surface area contributed by atoms with E-state index in [9.17, 15) is 0 Å². The van der Waals surface area contributed by atoms with E-state index in [4.69, 9.17) is 0 Å². The summed E-state index contributed by atoms with van der Waals surface area (Å²) >= 11 is 0. The zero-order chi connectivity index (χ0) is 9.97. The molecule has 0 aliphatic carbocycles. The van der Waals surface area contributed by atoms with Gasteiger partial charge in [-0.05, 0) is 31.5 Å². The Hall–Kier alpha value is -1.09. The number of hydrogen-bond donors (Lipinski definition) is 1. The molecule has 1 fully saturated rings. The Morgan fingerprint density at radius 3 is 3.07 bits per heavy atom. The fraction of sp³-hybridized carbons (Fsp3) is 0.545. The standard InChI is InChI=1S/C11H17N3/c1-9-4-3-6-13-11(9)14(2)10-5-7-12-8-10/h3-4,6,10,12H,5,7-8H2,1-2H3. The molecule has 1 aromatic heterocycles. The van der Waals surface area contributed by atoms with Gasteiger partial charge in [-0.25, -0.2) is 4.98 Å². The second-order valence-electron chi connectivity index (χ2n) is 3.90. The first-order chi connectivity index (χ1) is 6.79. The van der Waals surface area contributed by atoms with E-state index in [2.05, 4.69) is 35.2 Å². The lowest BCUT2D eigenvalue weighted by molar-refractivity contribution is 0.676. The summed E-state index contributed by atoms with van der Waals surface area (Å²) in [5.74, 6) is 1.11. The minimum Gasteiger partial charge on any atom is -0.355 e. The van der Waals surface area contributed by atoms with Crippen LogP contribution >= 0.6 is 0 Å². The van der Waals surface area contributed by atoms with Crippen LogP contribution in [0.25, 0.3) is 0 Å². The van der Waals surface area contributed by atoms with Gasteiger partial charge in [-0.15, -0.1) is 0 Å². The number of likely N-dealkylation sites (N-methyl/N-ethyl adjacent to an activating group) is 1. The first kappa shape index (κ1) is 9.46. The number of pyridine rings is 1. The number of aromatic nitrogens is 1. The largest absolute Gasteiger partial charge is 0.355 e. The Balaban J connectivity index is 2.17. The van der Waals surface area contributed by atoms with Gasteiger partial charge in [0.15, 0.2) is 0 Å². The summed E-state index contributed by atoms with van der Waals surface area (Å²) in [5.41, 5.74) is 1.25. The zero-order valence-electron chi connectivity index (χ0n) is 8.83. The Morgan fingerprint density at radius 2 is 2.43 bits per heavy atom. The van der Waals surface area contributed by atoms with Crippen LogP contribution < -0.4 is 10.2 Å². The Kier molecular flexibility index (Phi) is 2.68. The summed E-state index contributed by atoms with van der Waals surface area (Å²) in [7, 11) is 2.13. The van der Waals surface area contributed by atoms with Crippen molar-refractivity contribution in [2.24, 2.45) is 0 Å². The molecule has 0 radical (unpaired) electrons. The lowest BCUT2D eigenvalue weighted by Gasteiger charge is -2.26. The third kappa shape index (κ3) is 1.73. The normalized spacial score (nSPS) is 21.1. The van der Waals surface area contributed by atoms with Crippen LogP contribution in [0.4, 0.5) is 5.82 Å². The molecule has 1 unspecified atom stereocenters. The van der Waals surface area contributed by atoms with Crippen LogP contribution in [0, 0.1) is 6.92 Å². The van der Waals surface area contributed by atoms with Gasteiger partial charge in [-0.1, -0.05) is 6.07 Å². The lowest BCUT2D eigenvalue weighted by Crippen LogP contribution is -2.34. The van der Waals surface area contributed by atoms with E-state index in [0.717, 1.165) is 18.9 Å². The smallest absolute Gasteiger partial charge is 0.131 e. The van der Waals surface area contributed by atoms with Crippen LogP contribution in [0.5, 0.6) is 0 Å². The van der Waals surface area contributed by atoms with Crippen molar-refractivity contribution in [2.75, 3.05) is 25.0 Å². The summed E-state index contributed by atoms with van der Waals surface area (Å²) in [6, 6.07) is 4.70. The summed E-state index contributed by atoms with van der Waals surface area (Å²) in [6.07, 6.45) is 3.08. The minimum atomic E-state index is 0.601. The number of nitrogens with zero attached hydrogens (tertiary/aromatic N) is 2. The van der Waals surface area contributed by atoms with Gasteiger partial charge in [0.25, 0.3) is 0 Å². The van der Waals surface area contributed by atoms with Gasteiger partial charge in [-0.3, -0.25) is 0 Å². The van der Waals surface area contributed by atoms with E-state index in [1.54, 1.807) is 0 Å². The van der Waals surface area contributed by atoms with Crippen molar-refractivity contribution in [1.82, 2.24) is 10.3 Å². The first-order valence-electron chi connectivity index (χ1n) is 5.14. The van der Waals surface area contributed by atoms with Gasteiger partial charge < -0.3 is 10.2 Å². The van der Waals surface area contributed by atoms with Gasteiger partial charge in [0.2, 0.25) is 0 Å². The average molecular weight is 191 g/mol. The summed E-state index contributed by atoms with van der Waals surface area (Å²) in [6.45, 7) is 4.31. The lowest BCUT2D eigenvalue weighted by atomic mass is 10.2. The predicted octanol–water partition coefficient (Wildman–Crippen LogP) is 1.19. The second-order valence-corrected chi connectivity index (χ2v) is 3.90. The number of aryl methyl sites for hydroxylation is 1. The molecule has 3 nitrogen and oxygen atoms in total. The van der Waals surface area contributed by atoms with E-state index in [1.807, 2.05) is 12.3 Å². The average Bonchev–Trinajstić information content (AvgIpc) is 2.70. The van der Waals surface area contributed by atoms with Crippen LogP contribution in [0.2, 0.25) is 0 Å². The topological polar surface area (TPSA) is 28.2 Å². The molecule has 3 heteroatoms. The molecular formula is C11H17N3. The molecule has 1 saturated heterocycles. The summed E-state index contributed by atoms with van der Waals surface area (Å²) in [4.78, 5) is 6.71. The Bertz CT molecular complexity index is 305. The molecule has 2 heterocycles. The van der Waals surface area contributed by atoms with Crippen LogP contribution in [0.1, 0.15) is 12.0 Å². The van der Waals surface area contributed by atoms with Crippen molar-refractivity contribution >= 4 is 5.82 Å². The third-order valence-corrected chi connectivity index (χ3v) is 2.90. The third-order valence-electron chi connectivity index (χ3n) is 2.90. The molecule has 0 bridgehead atoms. The maximum Gasteiger partial charge on any atom is 0.131 e. The molecule has 1 atom stereocenters. The molecule has 1 N–H and O–H groups in total. The highest BCUT2D eigenvalue weighted by Gasteiger charge is 2.20. The van der Waals surface area contributed by atoms with Crippen molar-refractivity contribution in [3.63, 3.8) is 0 Å². The number of hydrogen-bond acceptors (Lipinski definition) is 3. The molecular weight excluding hydrogens is 174 g/mol. The quantitative estimate of drug-likeness (QED) is 0.761. The number of rotatable bonds is 2. The molecule has 0 aromatic carbocycles. The first-order valence-corrected chi connectivity index (χ1v) is 5.14. The molecule has 76 valence electrons. The molecule has 0 spiro atoms. The molecule has 0 saturated carbocycles. The zero-order valence-corrected chi connectivity index (χ0v) is 8.83. The van der Waals surface area contributed by atoms with Gasteiger partial charge >= 0.3 is 0 Å². The highest BCUT2D eigenvalue weighted by molar-refractivity contribution is 5.46. The summed E-state index contributed by atoms with van der Waals surface area (Å²) in [5, 5.41) is 3.37. The van der Waals surface area contributed by atoms with Crippen molar-refractivity contribution in [1.29, 1.82) is 0 Å². The number of nitrogens with one attached hydrogen (secondary N) is 1. The van der Waals surface area contributed by atoms with Gasteiger partial charge in [-0.2, -0.15) is 0 Å². The fourth-order valence-corrected chi connectivity index (χ4v) is 1.99. The van der Waals surface area contributed by atoms with Crippen molar-refractivity contribution < 1.29 is 0 Å². The Morgan fingerprint density at radius 1 is 1.57 bits per heavy atom. The van der Waals surface area contributed by atoms with Crippen molar-refractivity contribution in [3.05, 3.63) is 23.9 Å². The molecule has 2 rings (SSSR count). The highest BCUT2D eigenvalue weighted by Crippen LogP contribution is 2.19. The molecule has 1 aliphatic heterocycles. The van der Waals surface area contributed by atoms with Gasteiger partial charge in [0.1, 0.15) is 5.82 Å².